The van der Waals surface area contributed by atoms with E-state index in [9.17, 15) is 93.9 Å². The van der Waals surface area contributed by atoms with Gasteiger partial charge in [0.25, 0.3) is 0 Å². The molecule has 23 N–H and O–H groups in total. The quantitative estimate of drug-likeness (QED) is 0.0404. The van der Waals surface area contributed by atoms with Crippen LogP contribution in [-0.4, -0.2) is 217 Å². The van der Waals surface area contributed by atoms with Crippen molar-refractivity contribution in [2.45, 2.75) is 188 Å². The number of ether oxygens (including phenoxy) is 1. The molecule has 2 aliphatic heterocycles. The van der Waals surface area contributed by atoms with E-state index in [1.54, 1.807) is 0 Å². The maximum atomic E-state index is 14.2. The predicted octanol–water partition coefficient (Wildman–Crippen LogP) is -7.45. The lowest BCUT2D eigenvalue weighted by Crippen LogP contribution is -2.60. The fourth-order valence-corrected chi connectivity index (χ4v) is 9.51. The Morgan fingerprint density at radius 2 is 1.13 bits per heavy atom. The molecule has 2 aliphatic rings. The van der Waals surface area contributed by atoms with Crippen LogP contribution in [0.3, 0.4) is 0 Å². The van der Waals surface area contributed by atoms with Gasteiger partial charge in [-0.3, -0.25) is 47.9 Å². The van der Waals surface area contributed by atoms with Gasteiger partial charge in [-0.25, -0.2) is 0 Å². The smallest absolute Gasteiger partial charge is 0.246 e. The van der Waals surface area contributed by atoms with Crippen molar-refractivity contribution in [2.24, 2.45) is 23.1 Å². The number of amides is 10. The molecule has 0 spiro atoms. The van der Waals surface area contributed by atoms with Crippen LogP contribution >= 0.6 is 0 Å². The summed E-state index contributed by atoms with van der Waals surface area (Å²) in [5, 5.41) is 115. The summed E-state index contributed by atoms with van der Waals surface area (Å²) in [5.74, 6) is -13.9. The highest BCUT2D eigenvalue weighted by molar-refractivity contribution is 5.99. The minimum absolute atomic E-state index is 0.0790. The van der Waals surface area contributed by atoms with E-state index in [0.717, 1.165) is 57.1 Å². The number of rotatable bonds is 25. The fourth-order valence-electron chi connectivity index (χ4n) is 9.51. The molecule has 15 atom stereocenters. The van der Waals surface area contributed by atoms with Crippen LogP contribution in [0.15, 0.2) is 24.3 Å². The molecule has 0 aromatic heterocycles. The highest BCUT2D eigenvalue weighted by Gasteiger charge is 2.46. The van der Waals surface area contributed by atoms with Crippen molar-refractivity contribution in [1.29, 1.82) is 0 Å². The molecule has 0 bridgehead atoms. The largest absolute Gasteiger partial charge is 0.508 e. The number of aliphatic hydroxyl groups is 8. The van der Waals surface area contributed by atoms with Gasteiger partial charge in [-0.2, -0.15) is 0 Å². The number of unbranched alkanes of at least 4 members (excludes halogenated alkanes) is 8. The second-order valence-electron chi connectivity index (χ2n) is 20.8. The summed E-state index contributed by atoms with van der Waals surface area (Å²) in [4.78, 5) is 135. The fraction of sp³-hybridized carbons (Fsp3) is 0.692. The molecule has 31 heteroatoms. The highest BCUT2D eigenvalue weighted by atomic mass is 16.5. The maximum Gasteiger partial charge on any atom is 0.246 e. The Bertz CT molecular complexity index is 2300. The van der Waals surface area contributed by atoms with E-state index in [1.165, 1.54) is 12.1 Å². The molecule has 2 saturated heterocycles. The van der Waals surface area contributed by atoms with Gasteiger partial charge in [-0.15, -0.1) is 0 Å². The van der Waals surface area contributed by atoms with Gasteiger partial charge in [0, 0.05) is 18.4 Å². The maximum absolute atomic E-state index is 14.2. The van der Waals surface area contributed by atoms with Crippen molar-refractivity contribution in [3.63, 3.8) is 0 Å². The monoisotopic (exact) mass is 1180 g/mol. The van der Waals surface area contributed by atoms with Gasteiger partial charge in [0.15, 0.2) is 0 Å². The third-order valence-corrected chi connectivity index (χ3v) is 14.1. The second kappa shape index (κ2) is 36.1. The lowest BCUT2D eigenvalue weighted by molar-refractivity contribution is -0.215. The average molecular weight is 1180 g/mol. The molecule has 3 rings (SSSR count). The van der Waals surface area contributed by atoms with Crippen LogP contribution in [0, 0.1) is 5.92 Å². The number of nitrogens with two attached hydrogens (primary N) is 3. The zero-order chi connectivity index (χ0) is 61.9. The van der Waals surface area contributed by atoms with Crippen LogP contribution in [0.25, 0.3) is 0 Å². The molecular weight excluding hydrogens is 1100 g/mol. The topological polar surface area (TPSA) is 536 Å². The second-order valence-corrected chi connectivity index (χ2v) is 20.8. The molecule has 468 valence electrons. The normalized spacial score (nSPS) is 27.5. The molecule has 1 aromatic carbocycles. The van der Waals surface area contributed by atoms with Crippen molar-refractivity contribution < 1.29 is 98.6 Å². The third-order valence-electron chi connectivity index (χ3n) is 14.1. The number of nitrogens with one attached hydrogen (secondary N) is 8. The number of aliphatic hydroxyl groups excluding tert-OH is 8. The first-order valence-corrected chi connectivity index (χ1v) is 27.7. The summed E-state index contributed by atoms with van der Waals surface area (Å²) in [6.45, 7) is -2.03. The molecule has 0 aliphatic carbocycles. The van der Waals surface area contributed by atoms with Crippen LogP contribution in [0.1, 0.15) is 115 Å². The SMILES string of the molecule is CCCCCCCCCCC[C@@H]([C@@H](O)[C@H](O)CC1CC(=O)N[C@H](CO)C(=O)NC(C(O)c2ccc(O)cc2)C(=O)N[C@H](CCN)C(=O)NCC(=O)NC(CC(N)=O)C(=O)N[C@@H](CO)C(=O)NC(CC(N)=O)C(=O)N1)[C@@H]1OC[C@@H](O)[C@H](O)[C@H]1O. The average Bonchev–Trinajstić information content (AvgIpc) is 3.43. The summed E-state index contributed by atoms with van der Waals surface area (Å²) in [6.07, 6.45) is -8.08. The first-order chi connectivity index (χ1) is 39.3. The Balaban J connectivity index is 2.13. The van der Waals surface area contributed by atoms with Crippen molar-refractivity contribution in [3.8, 4) is 5.75 Å². The predicted molar refractivity (Wildman–Crippen MR) is 289 cm³/mol. The van der Waals surface area contributed by atoms with E-state index >= 15 is 0 Å². The van der Waals surface area contributed by atoms with E-state index < -0.39 is 202 Å². The van der Waals surface area contributed by atoms with E-state index in [1.807, 2.05) is 0 Å². The van der Waals surface area contributed by atoms with Gasteiger partial charge in [0.2, 0.25) is 59.1 Å². The molecule has 5 unspecified atom stereocenters. The van der Waals surface area contributed by atoms with E-state index in [2.05, 4.69) is 49.5 Å². The van der Waals surface area contributed by atoms with Crippen LogP contribution in [-0.2, 0) is 52.7 Å². The number of phenols is 1. The molecule has 2 fully saturated rings. The van der Waals surface area contributed by atoms with Gasteiger partial charge < -0.3 is 110 Å². The Labute approximate surface area is 479 Å². The Morgan fingerprint density at radius 3 is 1.71 bits per heavy atom. The van der Waals surface area contributed by atoms with E-state index in [0.29, 0.717) is 12.8 Å². The molecule has 1 aromatic rings. The minimum atomic E-state index is -2.08. The van der Waals surface area contributed by atoms with Crippen molar-refractivity contribution in [1.82, 2.24) is 42.5 Å². The number of hydrogen-bond acceptors (Lipinski definition) is 21. The minimum Gasteiger partial charge on any atom is -0.508 e. The highest BCUT2D eigenvalue weighted by Crippen LogP contribution is 2.31. The first-order valence-electron chi connectivity index (χ1n) is 27.7. The number of primary amides is 2. The van der Waals surface area contributed by atoms with Crippen molar-refractivity contribution in [3.05, 3.63) is 29.8 Å². The Hall–Kier alpha value is -6.68. The summed E-state index contributed by atoms with van der Waals surface area (Å²) >= 11 is 0. The lowest BCUT2D eigenvalue weighted by atomic mass is 9.80. The zero-order valence-corrected chi connectivity index (χ0v) is 46.4. The summed E-state index contributed by atoms with van der Waals surface area (Å²) < 4.78 is 5.72. The number of aromatic hydroxyl groups is 1. The molecule has 83 heavy (non-hydrogen) atoms. The van der Waals surface area contributed by atoms with Crippen molar-refractivity contribution >= 4 is 59.1 Å². The summed E-state index contributed by atoms with van der Waals surface area (Å²) in [6, 6.07) is -8.70. The molecule has 0 saturated carbocycles. The standard InChI is InChI=1S/C52H85N11O20/c1-2-3-4-5-6-7-8-9-10-11-29(46-45(76)44(75)36(68)25-83-46)43(74)35(67)18-27-19-39(71)59-33(23-64)51(81)63-41(42(73)26-12-14-28(66)15-13-26)52(82)60-30(16-17-53)47(77)56-22-40(72)58-31(20-37(54)69)49(79)62-34(24-65)50(80)61-32(21-38(55)70)48(78)57-27/h12-15,27,29-36,41-46,64-68,73-76H,2-11,16-25,53H2,1H3,(H2,54,69)(H2,55,70)(H,56,77)(H,57,78)(H,58,72)(H,59,71)(H,60,82)(H,61,80)(H,62,79)(H,63,81)/t27?,29-,30+,31?,32?,33+,34-,35+,36+,41?,42?,43+,44-,45+,46-/m0/s1. The molecule has 2 heterocycles. The molecule has 31 nitrogen and oxygen atoms in total. The van der Waals surface area contributed by atoms with Gasteiger partial charge in [0.1, 0.15) is 66.4 Å². The number of carbonyl (C=O) groups is 10. The summed E-state index contributed by atoms with van der Waals surface area (Å²) in [5.41, 5.74) is 16.4. The Morgan fingerprint density at radius 1 is 0.627 bits per heavy atom. The number of phenolic OH excluding ortho intramolecular Hbond substituents is 1. The zero-order valence-electron chi connectivity index (χ0n) is 46.4. The lowest BCUT2D eigenvalue weighted by Gasteiger charge is -2.42. The van der Waals surface area contributed by atoms with Crippen LogP contribution in [0.2, 0.25) is 0 Å². The summed E-state index contributed by atoms with van der Waals surface area (Å²) in [7, 11) is 0. The van der Waals surface area contributed by atoms with Gasteiger partial charge in [0.05, 0.1) is 57.5 Å². The molecule has 10 amide bonds. The van der Waals surface area contributed by atoms with Crippen LogP contribution in [0.5, 0.6) is 5.75 Å². The van der Waals surface area contributed by atoms with Crippen LogP contribution in [0.4, 0.5) is 0 Å². The van der Waals surface area contributed by atoms with Crippen molar-refractivity contribution in [2.75, 3.05) is 32.9 Å². The third kappa shape index (κ3) is 23.5. The number of hydrogen-bond donors (Lipinski definition) is 20. The van der Waals surface area contributed by atoms with Crippen LogP contribution < -0.4 is 59.7 Å². The van der Waals surface area contributed by atoms with Gasteiger partial charge in [-0.05, 0) is 43.5 Å². The van der Waals surface area contributed by atoms with Gasteiger partial charge >= 0.3 is 0 Å². The van der Waals surface area contributed by atoms with Gasteiger partial charge in [-0.1, -0.05) is 76.8 Å². The Kier molecular flexibility index (Phi) is 30.7. The first kappa shape index (κ1) is 70.6. The van der Waals surface area contributed by atoms with E-state index in [4.69, 9.17) is 21.9 Å². The molecule has 0 radical (unpaired) electrons. The number of benzene rings is 1. The number of carbonyl (C=O) groups excluding carboxylic acids is 10. The molecular formula is C52H85N11O20. The van der Waals surface area contributed by atoms with E-state index in [-0.39, 0.29) is 30.7 Å².